The summed E-state index contributed by atoms with van der Waals surface area (Å²) in [5, 5.41) is 6.42. The van der Waals surface area contributed by atoms with Gasteiger partial charge in [-0.15, -0.1) is 0 Å². The molecule has 0 radical (unpaired) electrons. The average Bonchev–Trinajstić information content (AvgIpc) is 3.01. The molecule has 1 aliphatic carbocycles. The molecule has 1 heterocycles. The van der Waals surface area contributed by atoms with E-state index in [2.05, 4.69) is 10.6 Å². The number of ether oxygens (including phenoxy) is 1. The third-order valence-corrected chi connectivity index (χ3v) is 4.53. The van der Waals surface area contributed by atoms with Crippen LogP contribution < -0.4 is 10.6 Å². The van der Waals surface area contributed by atoms with Gasteiger partial charge in [0.1, 0.15) is 0 Å². The molecule has 0 aromatic heterocycles. The molecule has 3 unspecified atom stereocenters. The summed E-state index contributed by atoms with van der Waals surface area (Å²) >= 11 is 0. The molecule has 1 saturated heterocycles. The third kappa shape index (κ3) is 2.72. The summed E-state index contributed by atoms with van der Waals surface area (Å²) in [5.74, 6) is 1.33. The number of anilines is 1. The molecule has 4 nitrogen and oxygen atoms in total. The maximum Gasteiger partial charge on any atom is 0.241 e. The van der Waals surface area contributed by atoms with Crippen LogP contribution in [-0.4, -0.2) is 25.6 Å². The predicted molar refractivity (Wildman–Crippen MR) is 78.4 cm³/mol. The number of benzene rings is 1. The van der Waals surface area contributed by atoms with Crippen LogP contribution in [0.4, 0.5) is 5.69 Å². The molecule has 2 aliphatic rings. The fraction of sp³-hybridized carbons (Fsp3) is 0.562. The van der Waals surface area contributed by atoms with Crippen molar-refractivity contribution in [1.82, 2.24) is 5.32 Å². The Bertz CT molecular complexity index is 489. The van der Waals surface area contributed by atoms with Crippen molar-refractivity contribution in [1.29, 1.82) is 0 Å². The highest BCUT2D eigenvalue weighted by molar-refractivity contribution is 5.95. The van der Waals surface area contributed by atoms with Gasteiger partial charge in [0.15, 0.2) is 0 Å². The second-order valence-electron chi connectivity index (χ2n) is 5.86. The van der Waals surface area contributed by atoms with Crippen molar-refractivity contribution in [2.24, 2.45) is 11.8 Å². The standard InChI is InChI=1S/C16H22N2O2/c1-20-10-11-4-2-6-13(8-11)18-16(19)15-14-7-3-5-12(14)9-17-15/h2,4,6,8,12,14-15,17H,3,5,7,9-10H2,1H3,(H,18,19). The highest BCUT2D eigenvalue weighted by Gasteiger charge is 2.42. The molecule has 1 aromatic carbocycles. The van der Waals surface area contributed by atoms with Gasteiger partial charge in [-0.1, -0.05) is 18.6 Å². The Morgan fingerprint density at radius 2 is 2.35 bits per heavy atom. The second-order valence-corrected chi connectivity index (χ2v) is 5.86. The van der Waals surface area contributed by atoms with Gasteiger partial charge in [-0.05, 0) is 48.9 Å². The first-order valence-electron chi connectivity index (χ1n) is 7.40. The topological polar surface area (TPSA) is 50.4 Å². The van der Waals surface area contributed by atoms with Crippen LogP contribution in [0, 0.1) is 11.8 Å². The van der Waals surface area contributed by atoms with Crippen molar-refractivity contribution >= 4 is 11.6 Å². The number of rotatable bonds is 4. The minimum atomic E-state index is -0.0198. The quantitative estimate of drug-likeness (QED) is 0.884. The van der Waals surface area contributed by atoms with Crippen LogP contribution in [-0.2, 0) is 16.1 Å². The number of nitrogens with one attached hydrogen (secondary N) is 2. The van der Waals surface area contributed by atoms with E-state index >= 15 is 0 Å². The van der Waals surface area contributed by atoms with E-state index in [-0.39, 0.29) is 11.9 Å². The van der Waals surface area contributed by atoms with Crippen LogP contribution in [0.15, 0.2) is 24.3 Å². The average molecular weight is 274 g/mol. The fourth-order valence-corrected chi connectivity index (χ4v) is 3.60. The highest BCUT2D eigenvalue weighted by Crippen LogP contribution is 2.37. The Morgan fingerprint density at radius 3 is 3.20 bits per heavy atom. The molecule has 108 valence electrons. The van der Waals surface area contributed by atoms with Crippen molar-refractivity contribution in [3.63, 3.8) is 0 Å². The molecule has 3 rings (SSSR count). The molecule has 2 fully saturated rings. The van der Waals surface area contributed by atoms with Crippen LogP contribution in [0.5, 0.6) is 0 Å². The Kier molecular flexibility index (Phi) is 4.03. The number of hydrogen-bond acceptors (Lipinski definition) is 3. The van der Waals surface area contributed by atoms with Crippen LogP contribution in [0.2, 0.25) is 0 Å². The van der Waals surface area contributed by atoms with E-state index < -0.39 is 0 Å². The van der Waals surface area contributed by atoms with E-state index in [4.69, 9.17) is 4.74 Å². The number of amides is 1. The molecule has 20 heavy (non-hydrogen) atoms. The van der Waals surface area contributed by atoms with Gasteiger partial charge in [-0.3, -0.25) is 4.79 Å². The Hall–Kier alpha value is -1.39. The summed E-state index contributed by atoms with van der Waals surface area (Å²) in [5.41, 5.74) is 1.93. The molecule has 1 aromatic rings. The number of carbonyl (C=O) groups excluding carboxylic acids is 1. The number of methoxy groups -OCH3 is 1. The summed E-state index contributed by atoms with van der Waals surface area (Å²) in [6.45, 7) is 1.56. The monoisotopic (exact) mass is 274 g/mol. The van der Waals surface area contributed by atoms with Gasteiger partial charge in [0.05, 0.1) is 12.6 Å². The zero-order chi connectivity index (χ0) is 13.9. The van der Waals surface area contributed by atoms with E-state index in [0.717, 1.165) is 17.8 Å². The highest BCUT2D eigenvalue weighted by atomic mass is 16.5. The molecular weight excluding hydrogens is 252 g/mol. The molecule has 1 aliphatic heterocycles. The summed E-state index contributed by atoms with van der Waals surface area (Å²) < 4.78 is 5.12. The predicted octanol–water partition coefficient (Wildman–Crippen LogP) is 2.16. The van der Waals surface area contributed by atoms with E-state index in [0.29, 0.717) is 18.4 Å². The first-order chi connectivity index (χ1) is 9.78. The number of fused-ring (bicyclic) bond motifs is 1. The largest absolute Gasteiger partial charge is 0.380 e. The van der Waals surface area contributed by atoms with Crippen molar-refractivity contribution in [3.8, 4) is 0 Å². The third-order valence-electron chi connectivity index (χ3n) is 4.53. The zero-order valence-electron chi connectivity index (χ0n) is 11.9. The Morgan fingerprint density at radius 1 is 1.45 bits per heavy atom. The van der Waals surface area contributed by atoms with Crippen LogP contribution in [0.1, 0.15) is 24.8 Å². The summed E-state index contributed by atoms with van der Waals surface area (Å²) in [6, 6.07) is 7.83. The lowest BCUT2D eigenvalue weighted by atomic mass is 9.93. The Labute approximate surface area is 119 Å². The molecule has 2 N–H and O–H groups in total. The normalized spacial score (nSPS) is 28.4. The first kappa shape index (κ1) is 13.6. The van der Waals surface area contributed by atoms with Gasteiger partial charge in [0, 0.05) is 12.8 Å². The maximum absolute atomic E-state index is 12.4. The van der Waals surface area contributed by atoms with Gasteiger partial charge in [0.25, 0.3) is 0 Å². The molecule has 3 atom stereocenters. The fourth-order valence-electron chi connectivity index (χ4n) is 3.60. The number of hydrogen-bond donors (Lipinski definition) is 2. The van der Waals surface area contributed by atoms with E-state index in [1.807, 2.05) is 24.3 Å². The zero-order valence-corrected chi connectivity index (χ0v) is 11.9. The minimum absolute atomic E-state index is 0.0198. The van der Waals surface area contributed by atoms with Crippen molar-refractivity contribution in [2.45, 2.75) is 31.9 Å². The van der Waals surface area contributed by atoms with Gasteiger partial charge < -0.3 is 15.4 Å². The van der Waals surface area contributed by atoms with E-state index in [1.54, 1.807) is 7.11 Å². The lowest BCUT2D eigenvalue weighted by molar-refractivity contribution is -0.118. The molecular formula is C16H22N2O2. The molecule has 1 saturated carbocycles. The SMILES string of the molecule is COCc1cccc(NC(=O)C2NCC3CCCC32)c1. The van der Waals surface area contributed by atoms with Gasteiger partial charge in [-0.25, -0.2) is 0 Å². The summed E-state index contributed by atoms with van der Waals surface area (Å²) in [7, 11) is 1.67. The van der Waals surface area contributed by atoms with E-state index in [1.165, 1.54) is 19.3 Å². The first-order valence-corrected chi connectivity index (χ1v) is 7.40. The van der Waals surface area contributed by atoms with Gasteiger partial charge in [0.2, 0.25) is 5.91 Å². The molecule has 0 bridgehead atoms. The van der Waals surface area contributed by atoms with Gasteiger partial charge >= 0.3 is 0 Å². The maximum atomic E-state index is 12.4. The van der Waals surface area contributed by atoms with Crippen molar-refractivity contribution < 1.29 is 9.53 Å². The van der Waals surface area contributed by atoms with Crippen LogP contribution in [0.25, 0.3) is 0 Å². The van der Waals surface area contributed by atoms with Crippen LogP contribution >= 0.6 is 0 Å². The lowest BCUT2D eigenvalue weighted by Crippen LogP contribution is -2.39. The van der Waals surface area contributed by atoms with E-state index in [9.17, 15) is 4.79 Å². The van der Waals surface area contributed by atoms with Gasteiger partial charge in [-0.2, -0.15) is 0 Å². The van der Waals surface area contributed by atoms with Crippen molar-refractivity contribution in [3.05, 3.63) is 29.8 Å². The number of carbonyl (C=O) groups is 1. The van der Waals surface area contributed by atoms with Crippen LogP contribution in [0.3, 0.4) is 0 Å². The van der Waals surface area contributed by atoms with Crippen molar-refractivity contribution in [2.75, 3.05) is 19.0 Å². The molecule has 0 spiro atoms. The molecule has 1 amide bonds. The molecule has 4 heteroatoms. The minimum Gasteiger partial charge on any atom is -0.380 e. The summed E-state index contributed by atoms with van der Waals surface area (Å²) in [4.78, 5) is 12.4. The summed E-state index contributed by atoms with van der Waals surface area (Å²) in [6.07, 6.45) is 3.72. The second kappa shape index (κ2) is 5.94. The smallest absolute Gasteiger partial charge is 0.241 e. The Balaban J connectivity index is 1.65. The lowest BCUT2D eigenvalue weighted by Gasteiger charge is -2.18.